The Bertz CT molecular complexity index is 1650. The number of carbonyl (C=O) groups is 1. The van der Waals surface area contributed by atoms with Crippen molar-refractivity contribution in [1.29, 1.82) is 0 Å². The third-order valence-corrected chi connectivity index (χ3v) is 6.37. The standard InChI is InChI=1S/C31H22F2N3O2.Pt/c1-31(2,27-18-22(16-25(35-27)30(37)38)20-11-7-4-8-12-20)26-17-21(19-9-5-3-6-10-19)15-24(34-26)23-13-14-28(32)36-29(23)33;/h3-12,14-18H,1-2H3,(H,37,38);/q-1;. The van der Waals surface area contributed by atoms with Crippen molar-refractivity contribution >= 4 is 5.97 Å². The van der Waals surface area contributed by atoms with Crippen molar-refractivity contribution in [2.75, 3.05) is 0 Å². The van der Waals surface area contributed by atoms with Gasteiger partial charge < -0.3 is 10.1 Å². The quantitative estimate of drug-likeness (QED) is 0.153. The molecule has 1 N–H and O–H groups in total. The van der Waals surface area contributed by atoms with Crippen LogP contribution in [0.5, 0.6) is 0 Å². The van der Waals surface area contributed by atoms with Crippen LogP contribution in [-0.2, 0) is 26.5 Å². The summed E-state index contributed by atoms with van der Waals surface area (Å²) in [6.07, 6.45) is 0. The predicted octanol–water partition coefficient (Wildman–Crippen LogP) is 6.97. The number of pyridine rings is 3. The molecule has 5 nitrogen and oxygen atoms in total. The van der Waals surface area contributed by atoms with E-state index < -0.39 is 23.3 Å². The third-order valence-electron chi connectivity index (χ3n) is 6.37. The molecule has 198 valence electrons. The minimum Gasteiger partial charge on any atom is -0.477 e. The van der Waals surface area contributed by atoms with Gasteiger partial charge in [0.1, 0.15) is 17.6 Å². The second-order valence-corrected chi connectivity index (χ2v) is 9.30. The van der Waals surface area contributed by atoms with E-state index in [2.05, 4.69) is 16.0 Å². The fourth-order valence-electron chi connectivity index (χ4n) is 4.22. The molecule has 0 aliphatic rings. The number of nitrogens with zero attached hydrogens (tertiary/aromatic N) is 3. The van der Waals surface area contributed by atoms with Crippen molar-refractivity contribution in [3.8, 4) is 33.5 Å². The Labute approximate surface area is 238 Å². The maximum atomic E-state index is 14.7. The largest absolute Gasteiger partial charge is 0.477 e. The predicted molar refractivity (Wildman–Crippen MR) is 140 cm³/mol. The molecule has 3 heterocycles. The molecular weight excluding hydrogens is 679 g/mol. The zero-order valence-electron chi connectivity index (χ0n) is 20.9. The van der Waals surface area contributed by atoms with Crippen molar-refractivity contribution in [3.63, 3.8) is 0 Å². The van der Waals surface area contributed by atoms with E-state index in [9.17, 15) is 18.7 Å². The second-order valence-electron chi connectivity index (χ2n) is 9.30. The van der Waals surface area contributed by atoms with Gasteiger partial charge in [-0.15, -0.1) is 6.07 Å². The first kappa shape index (κ1) is 27.9. The number of carboxylic acids is 1. The second kappa shape index (κ2) is 11.3. The van der Waals surface area contributed by atoms with Gasteiger partial charge in [-0.1, -0.05) is 78.4 Å². The molecule has 0 radical (unpaired) electrons. The van der Waals surface area contributed by atoms with Gasteiger partial charge >= 0.3 is 5.97 Å². The fourth-order valence-corrected chi connectivity index (χ4v) is 4.22. The summed E-state index contributed by atoms with van der Waals surface area (Å²) in [5.74, 6) is -3.15. The maximum Gasteiger partial charge on any atom is 0.354 e. The van der Waals surface area contributed by atoms with Gasteiger partial charge in [0, 0.05) is 32.2 Å². The van der Waals surface area contributed by atoms with E-state index in [0.717, 1.165) is 22.8 Å². The summed E-state index contributed by atoms with van der Waals surface area (Å²) in [6, 6.07) is 29.4. The molecule has 5 rings (SSSR count). The zero-order valence-corrected chi connectivity index (χ0v) is 23.2. The third kappa shape index (κ3) is 5.84. The number of carboxylic acid groups (broad SMARTS) is 1. The van der Waals surface area contributed by atoms with Gasteiger partial charge in [0.15, 0.2) is 0 Å². The van der Waals surface area contributed by atoms with Gasteiger partial charge in [0.25, 0.3) is 0 Å². The fraction of sp³-hybridized carbons (Fsp3) is 0.0968. The number of rotatable bonds is 6. The molecule has 0 atom stereocenters. The van der Waals surface area contributed by atoms with Crippen LogP contribution in [-0.4, -0.2) is 26.0 Å². The van der Waals surface area contributed by atoms with Crippen LogP contribution in [0.25, 0.3) is 33.5 Å². The average Bonchev–Trinajstić information content (AvgIpc) is 2.93. The topological polar surface area (TPSA) is 76.0 Å². The van der Waals surface area contributed by atoms with Gasteiger partial charge in [0.05, 0.1) is 5.69 Å². The van der Waals surface area contributed by atoms with Crippen LogP contribution in [0, 0.1) is 18.0 Å². The van der Waals surface area contributed by atoms with Crippen LogP contribution in [0.15, 0.2) is 91.0 Å². The number of aromatic nitrogens is 3. The summed E-state index contributed by atoms with van der Waals surface area (Å²) in [4.78, 5) is 24.5. The molecule has 0 amide bonds. The maximum absolute atomic E-state index is 14.7. The summed E-state index contributed by atoms with van der Waals surface area (Å²) >= 11 is 0. The Morgan fingerprint density at radius 2 is 1.31 bits per heavy atom. The van der Waals surface area contributed by atoms with Crippen LogP contribution in [0.2, 0.25) is 0 Å². The molecule has 0 spiro atoms. The molecule has 0 bridgehead atoms. The van der Waals surface area contributed by atoms with E-state index in [1.807, 2.05) is 86.6 Å². The monoisotopic (exact) mass is 701 g/mol. The van der Waals surface area contributed by atoms with E-state index in [0.29, 0.717) is 17.0 Å². The first-order valence-electron chi connectivity index (χ1n) is 11.9. The molecular formula is C31H22F2N3O2Pt-. The molecule has 0 saturated carbocycles. The van der Waals surface area contributed by atoms with Gasteiger partial charge in [0.2, 0.25) is 0 Å². The number of benzene rings is 2. The first-order chi connectivity index (χ1) is 18.2. The molecule has 2 aromatic carbocycles. The van der Waals surface area contributed by atoms with E-state index in [4.69, 9.17) is 4.98 Å². The Balaban J connectivity index is 0.00000353. The van der Waals surface area contributed by atoms with Gasteiger partial charge in [-0.3, -0.25) is 4.98 Å². The van der Waals surface area contributed by atoms with Gasteiger partial charge in [-0.2, -0.15) is 0 Å². The number of hydrogen-bond donors (Lipinski definition) is 1. The molecule has 5 aromatic rings. The summed E-state index contributed by atoms with van der Waals surface area (Å²) in [6.45, 7) is 3.75. The summed E-state index contributed by atoms with van der Waals surface area (Å²) in [7, 11) is 0. The Hall–Kier alpha value is -4.09. The number of hydrogen-bond acceptors (Lipinski definition) is 4. The average molecular weight is 702 g/mol. The van der Waals surface area contributed by atoms with E-state index in [-0.39, 0.29) is 38.0 Å². The number of aromatic carboxylic acids is 1. The van der Waals surface area contributed by atoms with Crippen molar-refractivity contribution in [1.82, 2.24) is 15.0 Å². The molecule has 8 heteroatoms. The van der Waals surface area contributed by atoms with Crippen LogP contribution in [0.4, 0.5) is 8.78 Å². The molecule has 0 saturated heterocycles. The van der Waals surface area contributed by atoms with Crippen molar-refractivity contribution in [3.05, 3.63) is 126 Å². The summed E-state index contributed by atoms with van der Waals surface area (Å²) < 4.78 is 28.2. The minimum atomic E-state index is -1.15. The van der Waals surface area contributed by atoms with Crippen molar-refractivity contribution in [2.45, 2.75) is 19.3 Å². The van der Waals surface area contributed by atoms with Crippen LogP contribution in [0.1, 0.15) is 35.7 Å². The SMILES string of the molecule is CC(C)(c1cc(-c2ccccc2)cc(C(=O)O)n1)c1cc(-c2ccccc2)cc(-c2[c-]cc(F)nc2F)n1.[Pt]. The molecule has 3 aromatic heterocycles. The van der Waals surface area contributed by atoms with Crippen LogP contribution < -0.4 is 0 Å². The Morgan fingerprint density at radius 3 is 1.85 bits per heavy atom. The van der Waals surface area contributed by atoms with Crippen LogP contribution in [0.3, 0.4) is 0 Å². The van der Waals surface area contributed by atoms with Crippen molar-refractivity contribution in [2.24, 2.45) is 0 Å². The van der Waals surface area contributed by atoms with E-state index in [1.165, 1.54) is 6.07 Å². The molecule has 0 unspecified atom stereocenters. The van der Waals surface area contributed by atoms with Gasteiger partial charge in [-0.05, 0) is 60.0 Å². The van der Waals surface area contributed by atoms with Crippen LogP contribution >= 0.6 is 0 Å². The normalized spacial score (nSPS) is 11.1. The number of halogens is 2. The first-order valence-corrected chi connectivity index (χ1v) is 11.9. The van der Waals surface area contributed by atoms with E-state index in [1.54, 1.807) is 6.07 Å². The minimum absolute atomic E-state index is 0. The summed E-state index contributed by atoms with van der Waals surface area (Å²) in [5, 5.41) is 9.79. The summed E-state index contributed by atoms with van der Waals surface area (Å²) in [5.41, 5.74) is 3.28. The van der Waals surface area contributed by atoms with E-state index >= 15 is 0 Å². The molecule has 0 fully saturated rings. The smallest absolute Gasteiger partial charge is 0.354 e. The Morgan fingerprint density at radius 1 is 0.769 bits per heavy atom. The molecule has 39 heavy (non-hydrogen) atoms. The molecule has 0 aliphatic heterocycles. The van der Waals surface area contributed by atoms with Crippen molar-refractivity contribution < 1.29 is 39.7 Å². The molecule has 0 aliphatic carbocycles. The van der Waals surface area contributed by atoms with Gasteiger partial charge in [-0.25, -0.2) is 18.6 Å². The Kier molecular flexibility index (Phi) is 8.12. The zero-order chi connectivity index (χ0) is 26.9.